The Labute approximate surface area is 142 Å². The summed E-state index contributed by atoms with van der Waals surface area (Å²) >= 11 is 11.8. The predicted molar refractivity (Wildman–Crippen MR) is 90.4 cm³/mol. The Morgan fingerprint density at radius 1 is 1.04 bits per heavy atom. The number of hydrogen-bond donors (Lipinski definition) is 1. The van der Waals surface area contributed by atoms with Crippen LogP contribution in [0.2, 0.25) is 10.0 Å². The molecule has 0 bridgehead atoms. The molecule has 2 N–H and O–H groups in total. The number of hydrogen-bond acceptors (Lipinski definition) is 5. The largest absolute Gasteiger partial charge is 0.396 e. The van der Waals surface area contributed by atoms with Gasteiger partial charge in [0.15, 0.2) is 5.75 Å². The number of pyridine rings is 1. The molecule has 0 saturated heterocycles. The van der Waals surface area contributed by atoms with Gasteiger partial charge in [-0.25, -0.2) is 0 Å². The molecule has 0 saturated carbocycles. The van der Waals surface area contributed by atoms with Crippen LogP contribution in [0.1, 0.15) is 0 Å². The van der Waals surface area contributed by atoms with Gasteiger partial charge in [0, 0.05) is 11.6 Å². The summed E-state index contributed by atoms with van der Waals surface area (Å²) < 4.78 is 30.1. The quantitative estimate of drug-likeness (QED) is 0.559. The summed E-state index contributed by atoms with van der Waals surface area (Å²) in [6.07, 6.45) is 1.55. The third-order valence-electron chi connectivity index (χ3n) is 3.14. The fourth-order valence-electron chi connectivity index (χ4n) is 2.02. The van der Waals surface area contributed by atoms with Gasteiger partial charge in [0.05, 0.1) is 15.7 Å². The maximum absolute atomic E-state index is 12.5. The van der Waals surface area contributed by atoms with E-state index in [9.17, 15) is 8.42 Å². The second kappa shape index (κ2) is 5.88. The number of aromatic nitrogens is 1. The van der Waals surface area contributed by atoms with Gasteiger partial charge < -0.3 is 9.92 Å². The summed E-state index contributed by atoms with van der Waals surface area (Å²) in [7, 11) is -4.13. The molecule has 0 spiro atoms. The summed E-state index contributed by atoms with van der Waals surface area (Å²) in [6, 6.07) is 10.9. The molecule has 8 heteroatoms. The molecule has 23 heavy (non-hydrogen) atoms. The second-order valence-corrected chi connectivity index (χ2v) is 7.03. The highest BCUT2D eigenvalue weighted by atomic mass is 35.5. The van der Waals surface area contributed by atoms with E-state index in [1.807, 2.05) is 0 Å². The summed E-state index contributed by atoms with van der Waals surface area (Å²) in [4.78, 5) is 3.96. The summed E-state index contributed by atoms with van der Waals surface area (Å²) in [5, 5.41) is 0.833. The standard InChI is InChI=1S/C15H10Cl2N2O3S/c16-11-7-10(8-12(17)14(11)18)23(20,21)22-13-5-1-3-9-4-2-6-19-15(9)13/h1-8H,18H2. The van der Waals surface area contributed by atoms with Crippen LogP contribution in [0.3, 0.4) is 0 Å². The number of fused-ring (bicyclic) bond motifs is 1. The number of rotatable bonds is 3. The molecule has 3 aromatic rings. The van der Waals surface area contributed by atoms with Crippen molar-refractivity contribution in [2.45, 2.75) is 4.90 Å². The molecule has 0 fully saturated rings. The molecule has 0 aliphatic carbocycles. The normalized spacial score (nSPS) is 11.6. The molecule has 118 valence electrons. The minimum absolute atomic E-state index is 0.0377. The van der Waals surface area contributed by atoms with Gasteiger partial charge in [0.2, 0.25) is 0 Å². The Morgan fingerprint density at radius 2 is 1.70 bits per heavy atom. The highest BCUT2D eigenvalue weighted by molar-refractivity contribution is 7.87. The number of nitrogen functional groups attached to an aromatic ring is 1. The van der Waals surface area contributed by atoms with Gasteiger partial charge in [-0.05, 0) is 24.3 Å². The molecular formula is C15H10Cl2N2O3S. The molecule has 1 aromatic heterocycles. The number of halogens is 2. The van der Waals surface area contributed by atoms with Crippen molar-refractivity contribution in [3.63, 3.8) is 0 Å². The van der Waals surface area contributed by atoms with Crippen LogP contribution in [0.25, 0.3) is 10.9 Å². The minimum atomic E-state index is -4.13. The van der Waals surface area contributed by atoms with E-state index in [2.05, 4.69) is 4.98 Å². The van der Waals surface area contributed by atoms with Crippen molar-refractivity contribution >= 4 is 49.9 Å². The van der Waals surface area contributed by atoms with Gasteiger partial charge in [0.25, 0.3) is 0 Å². The van der Waals surface area contributed by atoms with E-state index in [4.69, 9.17) is 33.1 Å². The van der Waals surface area contributed by atoms with Crippen molar-refractivity contribution in [3.05, 3.63) is 58.7 Å². The average Bonchev–Trinajstić information content (AvgIpc) is 2.52. The first-order chi connectivity index (χ1) is 10.9. The number of benzene rings is 2. The zero-order chi connectivity index (χ0) is 16.6. The average molecular weight is 369 g/mol. The maximum atomic E-state index is 12.5. The summed E-state index contributed by atoms with van der Waals surface area (Å²) in [5.41, 5.74) is 6.16. The first-order valence-corrected chi connectivity index (χ1v) is 8.57. The van der Waals surface area contributed by atoms with Gasteiger partial charge >= 0.3 is 10.1 Å². The Kier molecular flexibility index (Phi) is 4.06. The first-order valence-electron chi connectivity index (χ1n) is 6.41. The molecular weight excluding hydrogens is 359 g/mol. The number of anilines is 1. The van der Waals surface area contributed by atoms with Crippen molar-refractivity contribution in [2.75, 3.05) is 5.73 Å². The van der Waals surface area contributed by atoms with Crippen LogP contribution in [0.4, 0.5) is 5.69 Å². The number of para-hydroxylation sites is 1. The zero-order valence-electron chi connectivity index (χ0n) is 11.5. The van der Waals surface area contributed by atoms with Gasteiger partial charge in [-0.3, -0.25) is 4.98 Å². The smallest absolute Gasteiger partial charge is 0.339 e. The van der Waals surface area contributed by atoms with Crippen molar-refractivity contribution in [1.29, 1.82) is 0 Å². The van der Waals surface area contributed by atoms with E-state index in [0.717, 1.165) is 5.39 Å². The molecule has 0 amide bonds. The van der Waals surface area contributed by atoms with E-state index in [0.29, 0.717) is 5.52 Å². The van der Waals surface area contributed by atoms with Crippen molar-refractivity contribution in [2.24, 2.45) is 0 Å². The predicted octanol–water partition coefficient (Wildman–Crippen LogP) is 3.89. The van der Waals surface area contributed by atoms with Crippen molar-refractivity contribution < 1.29 is 12.6 Å². The van der Waals surface area contributed by atoms with Gasteiger partial charge in [-0.15, -0.1) is 0 Å². The third-order valence-corrected chi connectivity index (χ3v) is 4.97. The number of nitrogens with two attached hydrogens (primary N) is 1. The molecule has 5 nitrogen and oxygen atoms in total. The van der Waals surface area contributed by atoms with Crippen LogP contribution in [0.5, 0.6) is 5.75 Å². The van der Waals surface area contributed by atoms with Crippen LogP contribution >= 0.6 is 23.2 Å². The van der Waals surface area contributed by atoms with Gasteiger partial charge in [-0.1, -0.05) is 41.4 Å². The van der Waals surface area contributed by atoms with E-state index >= 15 is 0 Å². The lowest BCUT2D eigenvalue weighted by atomic mass is 10.2. The van der Waals surface area contributed by atoms with Crippen LogP contribution in [-0.2, 0) is 10.1 Å². The monoisotopic (exact) mass is 368 g/mol. The Balaban J connectivity index is 2.07. The lowest BCUT2D eigenvalue weighted by Crippen LogP contribution is -2.10. The van der Waals surface area contributed by atoms with Crippen LogP contribution in [-0.4, -0.2) is 13.4 Å². The molecule has 0 aliphatic heterocycles. The van der Waals surface area contributed by atoms with Crippen molar-refractivity contribution in [1.82, 2.24) is 4.98 Å². The van der Waals surface area contributed by atoms with Gasteiger partial charge in [0.1, 0.15) is 10.4 Å². The van der Waals surface area contributed by atoms with E-state index in [1.54, 1.807) is 30.5 Å². The topological polar surface area (TPSA) is 82.3 Å². The Bertz CT molecular complexity index is 978. The summed E-state index contributed by atoms with van der Waals surface area (Å²) in [5.74, 6) is 0.118. The fourth-order valence-corrected chi connectivity index (χ4v) is 3.62. The SMILES string of the molecule is Nc1c(Cl)cc(S(=O)(=O)Oc2cccc3cccnc23)cc1Cl. The molecule has 1 heterocycles. The van der Waals surface area contributed by atoms with Crippen LogP contribution < -0.4 is 9.92 Å². The molecule has 3 rings (SSSR count). The molecule has 0 atom stereocenters. The first kappa shape index (κ1) is 15.9. The third kappa shape index (κ3) is 3.06. The minimum Gasteiger partial charge on any atom is -0.396 e. The second-order valence-electron chi connectivity index (χ2n) is 4.67. The summed E-state index contributed by atoms with van der Waals surface area (Å²) in [6.45, 7) is 0. The highest BCUT2D eigenvalue weighted by Crippen LogP contribution is 2.32. The molecule has 0 aliphatic rings. The number of nitrogens with zero attached hydrogens (tertiary/aromatic N) is 1. The van der Waals surface area contributed by atoms with Crippen LogP contribution in [0, 0.1) is 0 Å². The highest BCUT2D eigenvalue weighted by Gasteiger charge is 2.21. The Morgan fingerprint density at radius 3 is 2.39 bits per heavy atom. The van der Waals surface area contributed by atoms with Gasteiger partial charge in [-0.2, -0.15) is 8.42 Å². The molecule has 0 radical (unpaired) electrons. The molecule has 2 aromatic carbocycles. The lowest BCUT2D eigenvalue weighted by molar-refractivity contribution is 0.488. The van der Waals surface area contributed by atoms with Crippen molar-refractivity contribution in [3.8, 4) is 5.75 Å². The van der Waals surface area contributed by atoms with Crippen LogP contribution in [0.15, 0.2) is 53.6 Å². The zero-order valence-corrected chi connectivity index (χ0v) is 13.9. The van der Waals surface area contributed by atoms with E-state index in [1.165, 1.54) is 18.2 Å². The van der Waals surface area contributed by atoms with E-state index < -0.39 is 10.1 Å². The van der Waals surface area contributed by atoms with E-state index in [-0.39, 0.29) is 26.4 Å². The fraction of sp³-hybridized carbons (Fsp3) is 0. The molecule has 0 unspecified atom stereocenters. The lowest BCUT2D eigenvalue weighted by Gasteiger charge is -2.10. The maximum Gasteiger partial charge on any atom is 0.339 e. The Hall–Kier alpha value is -2.02.